The number of hydrogen-bond acceptors (Lipinski definition) is 4. The van der Waals surface area contributed by atoms with Gasteiger partial charge in [-0.15, -0.1) is 11.6 Å². The minimum Gasteiger partial charge on any atom is -0.324 e. The molecule has 5 nitrogen and oxygen atoms in total. The Morgan fingerprint density at radius 1 is 1.33 bits per heavy atom. The van der Waals surface area contributed by atoms with E-state index in [9.17, 15) is 0 Å². The maximum Gasteiger partial charge on any atom is 0.150 e. The van der Waals surface area contributed by atoms with E-state index in [0.29, 0.717) is 11.7 Å². The molecule has 0 saturated carbocycles. The normalized spacial score (nSPS) is 11.6. The zero-order valence-electron chi connectivity index (χ0n) is 10.7. The van der Waals surface area contributed by atoms with Crippen molar-refractivity contribution in [2.75, 3.05) is 5.32 Å². The summed E-state index contributed by atoms with van der Waals surface area (Å²) in [5, 5.41) is 7.51. The summed E-state index contributed by atoms with van der Waals surface area (Å²) in [7, 11) is 0. The van der Waals surface area contributed by atoms with E-state index in [4.69, 9.17) is 11.6 Å². The monoisotopic (exact) mass is 265 g/mol. The molecule has 0 atom stereocenters. The van der Waals surface area contributed by atoms with Gasteiger partial charge in [-0.1, -0.05) is 0 Å². The third kappa shape index (κ3) is 2.79. The van der Waals surface area contributed by atoms with Gasteiger partial charge < -0.3 is 5.32 Å². The summed E-state index contributed by atoms with van der Waals surface area (Å²) < 4.78 is 1.90. The molecule has 0 spiro atoms. The largest absolute Gasteiger partial charge is 0.324 e. The van der Waals surface area contributed by atoms with E-state index in [-0.39, 0.29) is 5.54 Å². The molecule has 2 aromatic rings. The van der Waals surface area contributed by atoms with Crippen molar-refractivity contribution in [2.24, 2.45) is 0 Å². The molecule has 2 heterocycles. The molecule has 2 aromatic heterocycles. The molecule has 0 aliphatic rings. The Morgan fingerprint density at radius 2 is 2.11 bits per heavy atom. The third-order valence-corrected chi connectivity index (χ3v) is 2.63. The van der Waals surface area contributed by atoms with E-state index in [1.807, 2.05) is 10.7 Å². The highest BCUT2D eigenvalue weighted by atomic mass is 35.5. The molecule has 6 heteroatoms. The lowest BCUT2D eigenvalue weighted by Gasteiger charge is -2.22. The van der Waals surface area contributed by atoms with Crippen LogP contribution in [-0.2, 0) is 11.4 Å². The van der Waals surface area contributed by atoms with Crippen LogP contribution in [-0.4, -0.2) is 19.7 Å². The van der Waals surface area contributed by atoms with Gasteiger partial charge in [0.15, 0.2) is 0 Å². The molecule has 0 bridgehead atoms. The van der Waals surface area contributed by atoms with Gasteiger partial charge in [-0.2, -0.15) is 5.10 Å². The average Bonchev–Trinajstić information content (AvgIpc) is 2.77. The summed E-state index contributed by atoms with van der Waals surface area (Å²) in [6.45, 7) is 6.27. The topological polar surface area (TPSA) is 55.6 Å². The van der Waals surface area contributed by atoms with E-state index >= 15 is 0 Å². The summed E-state index contributed by atoms with van der Waals surface area (Å²) >= 11 is 5.74. The van der Waals surface area contributed by atoms with Gasteiger partial charge in [0.2, 0.25) is 0 Å². The SMILES string of the molecule is CC(C)(C)n1nccc1Nc1cncc(CCl)n1. The minimum absolute atomic E-state index is 0.0939. The van der Waals surface area contributed by atoms with Crippen LogP contribution in [0.4, 0.5) is 11.6 Å². The van der Waals surface area contributed by atoms with Crippen molar-refractivity contribution in [3.8, 4) is 0 Å². The Hall–Kier alpha value is -1.62. The van der Waals surface area contributed by atoms with Gasteiger partial charge in [-0.25, -0.2) is 9.67 Å². The number of nitrogens with one attached hydrogen (secondary N) is 1. The summed E-state index contributed by atoms with van der Waals surface area (Å²) in [6, 6.07) is 1.90. The van der Waals surface area contributed by atoms with Crippen LogP contribution in [0.15, 0.2) is 24.7 Å². The maximum absolute atomic E-state index is 5.74. The molecule has 0 aromatic carbocycles. The van der Waals surface area contributed by atoms with Crippen molar-refractivity contribution in [1.29, 1.82) is 0 Å². The van der Waals surface area contributed by atoms with Crippen LogP contribution in [0.1, 0.15) is 26.5 Å². The molecule has 0 unspecified atom stereocenters. The molecule has 96 valence electrons. The lowest BCUT2D eigenvalue weighted by molar-refractivity contribution is 0.361. The van der Waals surface area contributed by atoms with E-state index in [2.05, 4.69) is 41.2 Å². The number of anilines is 2. The molecule has 0 saturated heterocycles. The van der Waals surface area contributed by atoms with Crippen molar-refractivity contribution in [3.05, 3.63) is 30.4 Å². The van der Waals surface area contributed by atoms with Gasteiger partial charge in [-0.3, -0.25) is 4.98 Å². The molecule has 0 aliphatic carbocycles. The number of hydrogen-bond donors (Lipinski definition) is 1. The summed E-state index contributed by atoms with van der Waals surface area (Å²) in [5.41, 5.74) is 0.645. The molecule has 2 rings (SSSR count). The zero-order chi connectivity index (χ0) is 13.2. The lowest BCUT2D eigenvalue weighted by atomic mass is 10.1. The first kappa shape index (κ1) is 12.8. The van der Waals surface area contributed by atoms with E-state index in [0.717, 1.165) is 11.5 Å². The highest BCUT2D eigenvalue weighted by molar-refractivity contribution is 6.16. The van der Waals surface area contributed by atoms with Gasteiger partial charge in [0.25, 0.3) is 0 Å². The van der Waals surface area contributed by atoms with Crippen LogP contribution in [0, 0.1) is 0 Å². The Labute approximate surface area is 111 Å². The van der Waals surface area contributed by atoms with Crippen LogP contribution in [0.3, 0.4) is 0 Å². The first-order chi connectivity index (χ1) is 8.50. The van der Waals surface area contributed by atoms with Crippen molar-refractivity contribution < 1.29 is 0 Å². The minimum atomic E-state index is -0.0939. The molecule has 0 fully saturated rings. The smallest absolute Gasteiger partial charge is 0.150 e. The van der Waals surface area contributed by atoms with Crippen molar-refractivity contribution in [2.45, 2.75) is 32.2 Å². The molecule has 1 N–H and O–H groups in total. The summed E-state index contributed by atoms with van der Waals surface area (Å²) in [5.74, 6) is 1.89. The Morgan fingerprint density at radius 3 is 2.78 bits per heavy atom. The predicted molar refractivity (Wildman–Crippen MR) is 72.1 cm³/mol. The molecular weight excluding hydrogens is 250 g/mol. The Balaban J connectivity index is 2.26. The first-order valence-electron chi connectivity index (χ1n) is 5.69. The Bertz CT molecular complexity index is 529. The molecular formula is C12H16ClN5. The quantitative estimate of drug-likeness (QED) is 0.867. The van der Waals surface area contributed by atoms with E-state index in [1.54, 1.807) is 18.6 Å². The number of alkyl halides is 1. The fraction of sp³-hybridized carbons (Fsp3) is 0.417. The number of rotatable bonds is 3. The van der Waals surface area contributed by atoms with Crippen LogP contribution in [0.2, 0.25) is 0 Å². The lowest BCUT2D eigenvalue weighted by Crippen LogP contribution is -2.24. The van der Waals surface area contributed by atoms with Gasteiger partial charge >= 0.3 is 0 Å². The average molecular weight is 266 g/mol. The second-order valence-corrected chi connectivity index (χ2v) is 5.22. The van der Waals surface area contributed by atoms with Crippen LogP contribution in [0.25, 0.3) is 0 Å². The zero-order valence-corrected chi connectivity index (χ0v) is 11.4. The number of nitrogens with zero attached hydrogens (tertiary/aromatic N) is 4. The van der Waals surface area contributed by atoms with Crippen LogP contribution >= 0.6 is 11.6 Å². The van der Waals surface area contributed by atoms with E-state index in [1.165, 1.54) is 0 Å². The maximum atomic E-state index is 5.74. The molecule has 0 aliphatic heterocycles. The number of aromatic nitrogens is 4. The highest BCUT2D eigenvalue weighted by Gasteiger charge is 2.17. The van der Waals surface area contributed by atoms with Crippen LogP contribution < -0.4 is 5.32 Å². The van der Waals surface area contributed by atoms with E-state index < -0.39 is 0 Å². The number of halogens is 1. The standard InChI is InChI=1S/C12H16ClN5/c1-12(2,3)18-11(4-5-15-18)17-10-8-14-7-9(6-13)16-10/h4-5,7-8H,6H2,1-3H3,(H,16,17). The second-order valence-electron chi connectivity index (χ2n) is 4.95. The van der Waals surface area contributed by atoms with Gasteiger partial charge in [0, 0.05) is 12.3 Å². The molecule has 18 heavy (non-hydrogen) atoms. The highest BCUT2D eigenvalue weighted by Crippen LogP contribution is 2.21. The Kier molecular flexibility index (Phi) is 3.52. The van der Waals surface area contributed by atoms with Crippen molar-refractivity contribution in [1.82, 2.24) is 19.7 Å². The third-order valence-electron chi connectivity index (χ3n) is 2.36. The fourth-order valence-electron chi connectivity index (χ4n) is 1.59. The van der Waals surface area contributed by atoms with Gasteiger partial charge in [-0.05, 0) is 20.8 Å². The molecule has 0 radical (unpaired) electrons. The molecule has 0 amide bonds. The van der Waals surface area contributed by atoms with Gasteiger partial charge in [0.05, 0.1) is 29.5 Å². The summed E-state index contributed by atoms with van der Waals surface area (Å²) in [4.78, 5) is 8.43. The fourth-order valence-corrected chi connectivity index (χ4v) is 1.72. The first-order valence-corrected chi connectivity index (χ1v) is 6.22. The van der Waals surface area contributed by atoms with Crippen molar-refractivity contribution >= 4 is 23.2 Å². The summed E-state index contributed by atoms with van der Waals surface area (Å²) in [6.07, 6.45) is 5.07. The van der Waals surface area contributed by atoms with Crippen LogP contribution in [0.5, 0.6) is 0 Å². The van der Waals surface area contributed by atoms with Crippen molar-refractivity contribution in [3.63, 3.8) is 0 Å². The van der Waals surface area contributed by atoms with Gasteiger partial charge in [0.1, 0.15) is 11.6 Å². The predicted octanol–water partition coefficient (Wildman–Crippen LogP) is 2.91. The second kappa shape index (κ2) is 4.94.